The quantitative estimate of drug-likeness (QED) is 0.151. The zero-order valence-electron chi connectivity index (χ0n) is 27.7. The van der Waals surface area contributed by atoms with Gasteiger partial charge < -0.3 is 9.30 Å². The summed E-state index contributed by atoms with van der Waals surface area (Å²) in [7, 11) is 0. The van der Waals surface area contributed by atoms with E-state index in [-0.39, 0.29) is 26.5 Å². The van der Waals surface area contributed by atoms with Gasteiger partial charge >= 0.3 is 21.1 Å². The van der Waals surface area contributed by atoms with Gasteiger partial charge in [-0.3, -0.25) is 4.68 Å². The first-order valence-electron chi connectivity index (χ1n) is 16.0. The summed E-state index contributed by atoms with van der Waals surface area (Å²) < 4.78 is 10.7. The number of aryl methyl sites for hydroxylation is 3. The molecule has 0 atom stereocenters. The summed E-state index contributed by atoms with van der Waals surface area (Å²) in [5, 5.41) is 7.47. The van der Waals surface area contributed by atoms with Gasteiger partial charge in [-0.05, 0) is 60.7 Å². The molecule has 0 aliphatic rings. The molecule has 5 nitrogen and oxygen atoms in total. The third-order valence-electron chi connectivity index (χ3n) is 8.35. The van der Waals surface area contributed by atoms with Gasteiger partial charge in [-0.2, -0.15) is 17.2 Å². The number of nitrogens with zero attached hydrogens (tertiary/aromatic N) is 4. The molecule has 0 aliphatic carbocycles. The van der Waals surface area contributed by atoms with Crippen LogP contribution >= 0.6 is 0 Å². The predicted octanol–water partition coefficient (Wildman–Crippen LogP) is 10.3. The van der Waals surface area contributed by atoms with Gasteiger partial charge in [-0.1, -0.05) is 87.7 Å². The van der Waals surface area contributed by atoms with Crippen molar-refractivity contribution in [2.45, 2.75) is 59.8 Å². The minimum absolute atomic E-state index is 0. The molecule has 0 fully saturated rings. The third kappa shape index (κ3) is 6.17. The van der Waals surface area contributed by atoms with Crippen molar-refractivity contribution in [3.05, 3.63) is 132 Å². The Morgan fingerprint density at radius 2 is 1.55 bits per heavy atom. The van der Waals surface area contributed by atoms with E-state index in [9.17, 15) is 0 Å². The summed E-state index contributed by atoms with van der Waals surface area (Å²) >= 11 is 0. The molecule has 3 aromatic heterocycles. The Kier molecular flexibility index (Phi) is 8.96. The van der Waals surface area contributed by atoms with Gasteiger partial charge in [-0.25, -0.2) is 4.98 Å². The molecule has 4 aromatic carbocycles. The van der Waals surface area contributed by atoms with E-state index in [0.29, 0.717) is 11.5 Å². The second-order valence-corrected chi connectivity index (χ2v) is 13.1. The number of fused-ring (bicyclic) bond motifs is 3. The van der Waals surface area contributed by atoms with E-state index >= 15 is 0 Å². The summed E-state index contributed by atoms with van der Waals surface area (Å²) in [4.78, 5) is 4.70. The fourth-order valence-electron chi connectivity index (χ4n) is 6.40. The molecule has 0 saturated carbocycles. The molecule has 0 bridgehead atoms. The largest absolute Gasteiger partial charge is 2.00 e. The number of rotatable bonds is 7. The van der Waals surface area contributed by atoms with Crippen molar-refractivity contribution in [1.29, 1.82) is 0 Å². The summed E-state index contributed by atoms with van der Waals surface area (Å²) in [6.07, 6.45) is 3.76. The monoisotopic (exact) mass is 797 g/mol. The fourth-order valence-corrected chi connectivity index (χ4v) is 6.40. The molecule has 0 amide bonds. The number of ether oxygens (including phenoxy) is 1. The Morgan fingerprint density at radius 3 is 2.32 bits per heavy atom. The van der Waals surface area contributed by atoms with Gasteiger partial charge in [-0.15, -0.1) is 35.7 Å². The molecule has 0 unspecified atom stereocenters. The van der Waals surface area contributed by atoms with Gasteiger partial charge in [0, 0.05) is 34.2 Å². The van der Waals surface area contributed by atoms with Crippen molar-refractivity contribution in [2.75, 3.05) is 0 Å². The Balaban J connectivity index is 0.00000386. The summed E-state index contributed by atoms with van der Waals surface area (Å²) in [5.74, 6) is 2.07. The van der Waals surface area contributed by atoms with E-state index in [2.05, 4.69) is 130 Å². The number of pyridine rings is 1. The third-order valence-corrected chi connectivity index (χ3v) is 8.35. The van der Waals surface area contributed by atoms with Crippen LogP contribution in [-0.4, -0.2) is 19.3 Å². The number of para-hydroxylation sites is 1. The van der Waals surface area contributed by atoms with Crippen LogP contribution in [0, 0.1) is 26.0 Å². The van der Waals surface area contributed by atoms with E-state index in [1.165, 1.54) is 16.7 Å². The molecule has 3 heterocycles. The maximum Gasteiger partial charge on any atom is 2.00 e. The Labute approximate surface area is 291 Å². The van der Waals surface area contributed by atoms with Gasteiger partial charge in [0.05, 0.1) is 11.4 Å². The van der Waals surface area contributed by atoms with Crippen molar-refractivity contribution < 1.29 is 25.8 Å². The van der Waals surface area contributed by atoms with Crippen molar-refractivity contribution in [3.8, 4) is 34.1 Å². The summed E-state index contributed by atoms with van der Waals surface area (Å²) in [6.45, 7) is 13.2. The first-order chi connectivity index (χ1) is 22.2. The van der Waals surface area contributed by atoms with Crippen molar-refractivity contribution in [2.24, 2.45) is 0 Å². The molecule has 0 spiro atoms. The second-order valence-electron chi connectivity index (χ2n) is 13.1. The van der Waals surface area contributed by atoms with Crippen LogP contribution in [0.5, 0.6) is 11.5 Å². The van der Waals surface area contributed by atoms with Crippen LogP contribution in [0.15, 0.2) is 97.2 Å². The van der Waals surface area contributed by atoms with Gasteiger partial charge in [0.25, 0.3) is 0 Å². The minimum atomic E-state index is -0.168. The Hall–Kier alpha value is -4.47. The second kappa shape index (κ2) is 13.0. The first-order valence-corrected chi connectivity index (χ1v) is 16.0. The van der Waals surface area contributed by atoms with Crippen LogP contribution in [0.1, 0.15) is 56.6 Å². The van der Waals surface area contributed by atoms with Gasteiger partial charge in [0.1, 0.15) is 5.82 Å². The molecule has 0 N–H and O–H groups in total. The molecular formula is C41H38N4OPt. The summed E-state index contributed by atoms with van der Waals surface area (Å²) in [5.41, 5.74) is 9.75. The molecule has 7 rings (SSSR count). The van der Waals surface area contributed by atoms with Crippen molar-refractivity contribution in [3.63, 3.8) is 0 Å². The average Bonchev–Trinajstić information content (AvgIpc) is 3.58. The zero-order chi connectivity index (χ0) is 32.0. The predicted molar refractivity (Wildman–Crippen MR) is 187 cm³/mol. The molecule has 0 saturated heterocycles. The number of hydrogen-bond donors (Lipinski definition) is 0. The van der Waals surface area contributed by atoms with E-state index in [0.717, 1.165) is 63.1 Å². The molecule has 238 valence electrons. The van der Waals surface area contributed by atoms with Crippen LogP contribution in [0.2, 0.25) is 0 Å². The Morgan fingerprint density at radius 1 is 0.787 bits per heavy atom. The smallest absolute Gasteiger partial charge is 0.509 e. The molecule has 47 heavy (non-hydrogen) atoms. The van der Waals surface area contributed by atoms with Crippen molar-refractivity contribution in [1.82, 2.24) is 19.3 Å². The topological polar surface area (TPSA) is 44.9 Å². The van der Waals surface area contributed by atoms with E-state index in [1.54, 1.807) is 0 Å². The molecule has 0 aliphatic heterocycles. The van der Waals surface area contributed by atoms with E-state index in [4.69, 9.17) is 14.8 Å². The maximum absolute atomic E-state index is 6.48. The number of hydrogen-bond acceptors (Lipinski definition) is 3. The minimum Gasteiger partial charge on any atom is -0.509 e. The average molecular weight is 798 g/mol. The molecule has 6 heteroatoms. The first kappa shape index (κ1) is 32.5. The van der Waals surface area contributed by atoms with Crippen LogP contribution in [0.4, 0.5) is 0 Å². The zero-order valence-corrected chi connectivity index (χ0v) is 29.9. The molecular weight excluding hydrogens is 760 g/mol. The van der Waals surface area contributed by atoms with Crippen LogP contribution < -0.4 is 4.74 Å². The number of benzene rings is 4. The Bertz CT molecular complexity index is 2220. The normalized spacial score (nSPS) is 11.6. The van der Waals surface area contributed by atoms with Crippen LogP contribution in [-0.2, 0) is 32.9 Å². The maximum atomic E-state index is 6.48. The van der Waals surface area contributed by atoms with Gasteiger partial charge in [0.2, 0.25) is 0 Å². The number of aromatic nitrogens is 4. The van der Waals surface area contributed by atoms with Crippen LogP contribution in [0.3, 0.4) is 0 Å². The van der Waals surface area contributed by atoms with Gasteiger partial charge in [0.15, 0.2) is 0 Å². The van der Waals surface area contributed by atoms with Crippen molar-refractivity contribution >= 4 is 21.8 Å². The SMILES string of the molecule is CCCc1nn(-c2[c-]c(Oc3[c-]c4c(cc3)c3ccccc3n4-c3cc(C)ccn3)ccc2)c(C(C)(C)C)c1-c1cccc(C)c1.[Pt+2]. The standard InChI is InChI=1S/C41H38N4O.Pt/c1-7-12-35-39(29-14-10-13-27(2)23-29)40(41(4,5)6)45(43-35)30-15-11-16-31(25-30)46-32-19-20-34-33-17-8-9-18-36(33)44(37(34)26-32)38-24-28(3)21-22-42-38;/h8-11,13-24H,7,12H2,1-6H3;/q-2;+2. The van der Waals surface area contributed by atoms with Crippen LogP contribution in [0.25, 0.3) is 44.4 Å². The van der Waals surface area contributed by atoms with E-state index < -0.39 is 0 Å². The van der Waals surface area contributed by atoms with E-state index in [1.807, 2.05) is 30.5 Å². The molecule has 0 radical (unpaired) electrons. The summed E-state index contributed by atoms with van der Waals surface area (Å²) in [6, 6.07) is 38.4. The fraction of sp³-hybridized carbons (Fsp3) is 0.220. The molecule has 7 aromatic rings.